The molecule has 0 amide bonds. The molecule has 1 heterocycles. The fourth-order valence-corrected chi connectivity index (χ4v) is 1.94. The number of nitrogens with one attached hydrogen (secondary N) is 1. The maximum absolute atomic E-state index is 12.8. The summed E-state index contributed by atoms with van der Waals surface area (Å²) in [6.45, 7) is 0. The van der Waals surface area contributed by atoms with Crippen LogP contribution in [0.3, 0.4) is 0 Å². The quantitative estimate of drug-likeness (QED) is 0.899. The second-order valence-electron chi connectivity index (χ2n) is 3.68. The van der Waals surface area contributed by atoms with Crippen molar-refractivity contribution in [1.82, 2.24) is 9.97 Å². The van der Waals surface area contributed by atoms with E-state index in [0.29, 0.717) is 0 Å². The Hall–Kier alpha value is -2.14. The van der Waals surface area contributed by atoms with Crippen LogP contribution in [0, 0.1) is 11.3 Å². The van der Waals surface area contributed by atoms with Crippen LogP contribution in [0.4, 0.5) is 24.7 Å². The van der Waals surface area contributed by atoms with Gasteiger partial charge in [-0.2, -0.15) is 18.4 Å². The van der Waals surface area contributed by atoms with Gasteiger partial charge in [-0.1, -0.05) is 15.9 Å². The predicted octanol–water partition coefficient (Wildman–Crippen LogP) is 3.87. The molecule has 20 heavy (non-hydrogen) atoms. The Kier molecular flexibility index (Phi) is 3.90. The highest BCUT2D eigenvalue weighted by Crippen LogP contribution is 2.36. The van der Waals surface area contributed by atoms with Crippen LogP contribution in [0.1, 0.15) is 11.3 Å². The molecule has 0 saturated carbocycles. The molecule has 0 radical (unpaired) electrons. The van der Waals surface area contributed by atoms with Crippen molar-refractivity contribution in [3.05, 3.63) is 46.3 Å². The number of hydrogen-bond acceptors (Lipinski definition) is 4. The highest BCUT2D eigenvalue weighted by molar-refractivity contribution is 9.10. The minimum atomic E-state index is -4.48. The number of anilines is 2. The molecular formula is C12H6BrF3N4. The molecule has 0 aliphatic rings. The summed E-state index contributed by atoms with van der Waals surface area (Å²) in [7, 11) is 0. The molecule has 102 valence electrons. The summed E-state index contributed by atoms with van der Waals surface area (Å²) >= 11 is 2.85. The van der Waals surface area contributed by atoms with Gasteiger partial charge in [0.1, 0.15) is 6.07 Å². The molecular weight excluding hydrogens is 337 g/mol. The molecule has 1 aromatic heterocycles. The van der Waals surface area contributed by atoms with Crippen LogP contribution in [0.2, 0.25) is 0 Å². The van der Waals surface area contributed by atoms with Gasteiger partial charge in [-0.05, 0) is 18.2 Å². The molecule has 1 N–H and O–H groups in total. The number of halogens is 4. The molecule has 0 aliphatic heterocycles. The lowest BCUT2D eigenvalue weighted by Gasteiger charge is -2.12. The lowest BCUT2D eigenvalue weighted by atomic mass is 10.2. The zero-order valence-electron chi connectivity index (χ0n) is 9.74. The lowest BCUT2D eigenvalue weighted by Crippen LogP contribution is -2.07. The van der Waals surface area contributed by atoms with Gasteiger partial charge in [-0.15, -0.1) is 0 Å². The zero-order valence-corrected chi connectivity index (χ0v) is 11.3. The van der Waals surface area contributed by atoms with Gasteiger partial charge in [0.15, 0.2) is 11.5 Å². The summed E-state index contributed by atoms with van der Waals surface area (Å²) in [6, 6.07) is 5.45. The third kappa shape index (κ3) is 3.05. The van der Waals surface area contributed by atoms with Crippen LogP contribution >= 0.6 is 15.9 Å². The van der Waals surface area contributed by atoms with Gasteiger partial charge in [0, 0.05) is 22.6 Å². The van der Waals surface area contributed by atoms with Crippen LogP contribution in [-0.2, 0) is 6.18 Å². The minimum absolute atomic E-state index is 0.00368. The van der Waals surface area contributed by atoms with E-state index < -0.39 is 11.7 Å². The van der Waals surface area contributed by atoms with E-state index in [2.05, 4.69) is 31.2 Å². The average molecular weight is 343 g/mol. The van der Waals surface area contributed by atoms with E-state index in [0.717, 1.165) is 6.07 Å². The average Bonchev–Trinajstić information content (AvgIpc) is 2.40. The van der Waals surface area contributed by atoms with E-state index >= 15 is 0 Å². The third-order valence-electron chi connectivity index (χ3n) is 2.34. The maximum atomic E-state index is 12.8. The summed E-state index contributed by atoms with van der Waals surface area (Å²) in [5.41, 5.74) is -0.647. The second kappa shape index (κ2) is 5.46. The Morgan fingerprint density at radius 1 is 1.20 bits per heavy atom. The van der Waals surface area contributed by atoms with Gasteiger partial charge < -0.3 is 5.32 Å². The molecule has 2 aromatic rings. The summed E-state index contributed by atoms with van der Waals surface area (Å²) in [4.78, 5) is 7.63. The van der Waals surface area contributed by atoms with E-state index in [9.17, 15) is 13.2 Å². The first-order chi connectivity index (χ1) is 9.41. The first kappa shape index (κ1) is 14.3. The molecule has 4 nitrogen and oxygen atoms in total. The molecule has 0 unspecified atom stereocenters. The van der Waals surface area contributed by atoms with E-state index in [1.54, 1.807) is 6.07 Å². The topological polar surface area (TPSA) is 61.6 Å². The predicted molar refractivity (Wildman–Crippen MR) is 69.2 cm³/mol. The van der Waals surface area contributed by atoms with Crippen molar-refractivity contribution in [3.63, 3.8) is 0 Å². The smallest absolute Gasteiger partial charge is 0.338 e. The molecule has 1 aromatic carbocycles. The fraction of sp³-hybridized carbons (Fsp3) is 0.0833. The zero-order chi connectivity index (χ0) is 14.8. The minimum Gasteiger partial charge on any atom is -0.338 e. The molecule has 0 bridgehead atoms. The van der Waals surface area contributed by atoms with E-state index in [1.165, 1.54) is 24.5 Å². The molecule has 0 spiro atoms. The largest absolute Gasteiger partial charge is 0.417 e. The van der Waals surface area contributed by atoms with Crippen molar-refractivity contribution >= 4 is 27.4 Å². The van der Waals surface area contributed by atoms with Crippen LogP contribution in [0.5, 0.6) is 0 Å². The number of rotatable bonds is 2. The Bertz CT molecular complexity index is 679. The van der Waals surface area contributed by atoms with Gasteiger partial charge in [0.2, 0.25) is 0 Å². The Morgan fingerprint density at radius 2 is 1.90 bits per heavy atom. The van der Waals surface area contributed by atoms with Gasteiger partial charge in [-0.25, -0.2) is 9.97 Å². The standard InChI is InChI=1S/C12H6BrF3N4/c13-9-2-1-7(5-8(9)12(14,15)16)20-11-10(6-17)18-3-4-19-11/h1-5H,(H,19,20). The summed E-state index contributed by atoms with van der Waals surface area (Å²) in [5.74, 6) is 0.102. The maximum Gasteiger partial charge on any atom is 0.417 e. The number of alkyl halides is 3. The first-order valence-electron chi connectivity index (χ1n) is 5.26. The molecule has 0 saturated heterocycles. The molecule has 0 atom stereocenters. The number of hydrogen-bond donors (Lipinski definition) is 1. The van der Waals surface area contributed by atoms with Crippen LogP contribution in [0.15, 0.2) is 35.1 Å². The van der Waals surface area contributed by atoms with Crippen molar-refractivity contribution in [2.24, 2.45) is 0 Å². The van der Waals surface area contributed by atoms with Gasteiger partial charge in [0.25, 0.3) is 0 Å². The van der Waals surface area contributed by atoms with Gasteiger partial charge in [0.05, 0.1) is 5.56 Å². The Balaban J connectivity index is 2.38. The summed E-state index contributed by atoms with van der Waals surface area (Å²) < 4.78 is 38.3. The first-order valence-corrected chi connectivity index (χ1v) is 6.06. The number of nitriles is 1. The van der Waals surface area contributed by atoms with Crippen molar-refractivity contribution in [2.75, 3.05) is 5.32 Å². The van der Waals surface area contributed by atoms with Crippen molar-refractivity contribution in [2.45, 2.75) is 6.18 Å². The molecule has 2 rings (SSSR count). The van der Waals surface area contributed by atoms with Gasteiger partial charge >= 0.3 is 6.18 Å². The SMILES string of the molecule is N#Cc1nccnc1Nc1ccc(Br)c(C(F)(F)F)c1. The highest BCUT2D eigenvalue weighted by Gasteiger charge is 2.33. The lowest BCUT2D eigenvalue weighted by molar-refractivity contribution is -0.138. The third-order valence-corrected chi connectivity index (χ3v) is 3.03. The monoisotopic (exact) mass is 342 g/mol. The van der Waals surface area contributed by atoms with Crippen LogP contribution in [-0.4, -0.2) is 9.97 Å². The number of aromatic nitrogens is 2. The van der Waals surface area contributed by atoms with E-state index in [1.807, 2.05) is 0 Å². The van der Waals surface area contributed by atoms with Crippen molar-refractivity contribution in [3.8, 4) is 6.07 Å². The highest BCUT2D eigenvalue weighted by atomic mass is 79.9. The molecule has 8 heteroatoms. The van der Waals surface area contributed by atoms with Crippen LogP contribution in [0.25, 0.3) is 0 Å². The summed E-state index contributed by atoms with van der Waals surface area (Å²) in [5, 5.41) is 11.5. The van der Waals surface area contributed by atoms with Crippen molar-refractivity contribution in [1.29, 1.82) is 5.26 Å². The Labute approximate surface area is 120 Å². The fourth-order valence-electron chi connectivity index (χ4n) is 1.47. The molecule has 0 fully saturated rings. The van der Waals surface area contributed by atoms with Crippen LogP contribution < -0.4 is 5.32 Å². The number of benzene rings is 1. The van der Waals surface area contributed by atoms with Crippen molar-refractivity contribution < 1.29 is 13.2 Å². The van der Waals surface area contributed by atoms with E-state index in [-0.39, 0.29) is 21.7 Å². The second-order valence-corrected chi connectivity index (χ2v) is 4.54. The molecule has 0 aliphatic carbocycles. The normalized spacial score (nSPS) is 10.9. The van der Waals surface area contributed by atoms with E-state index in [4.69, 9.17) is 5.26 Å². The van der Waals surface area contributed by atoms with Gasteiger partial charge in [-0.3, -0.25) is 0 Å². The number of nitrogens with zero attached hydrogens (tertiary/aromatic N) is 3. The Morgan fingerprint density at radius 3 is 2.55 bits per heavy atom. The summed E-state index contributed by atoms with van der Waals surface area (Å²) in [6.07, 6.45) is -1.81.